The molecule has 0 aromatic carbocycles. The van der Waals surface area contributed by atoms with E-state index in [0.717, 1.165) is 5.56 Å². The lowest BCUT2D eigenvalue weighted by Gasteiger charge is -1.97. The van der Waals surface area contributed by atoms with Crippen LogP contribution in [0.25, 0.3) is 5.65 Å². The minimum absolute atomic E-state index is 0.193. The lowest BCUT2D eigenvalue weighted by molar-refractivity contribution is 0.0689. The Bertz CT molecular complexity index is 473. The Labute approximate surface area is 74.5 Å². The fourth-order valence-corrected chi connectivity index (χ4v) is 1.31. The Hall–Kier alpha value is -1.84. The van der Waals surface area contributed by atoms with Gasteiger partial charge in [-0.1, -0.05) is 6.07 Å². The van der Waals surface area contributed by atoms with Crippen LogP contribution in [0.3, 0.4) is 0 Å². The maximum Gasteiger partial charge on any atom is 0.354 e. The zero-order chi connectivity index (χ0) is 9.42. The van der Waals surface area contributed by atoms with Gasteiger partial charge < -0.3 is 5.11 Å². The van der Waals surface area contributed by atoms with Crippen LogP contribution in [0.2, 0.25) is 0 Å². The lowest BCUT2D eigenvalue weighted by atomic mass is 10.3. The van der Waals surface area contributed by atoms with Gasteiger partial charge in [-0.05, 0) is 18.6 Å². The molecule has 4 heteroatoms. The molecule has 13 heavy (non-hydrogen) atoms. The third-order valence-electron chi connectivity index (χ3n) is 1.95. The van der Waals surface area contributed by atoms with Crippen molar-refractivity contribution in [2.45, 2.75) is 6.92 Å². The highest BCUT2D eigenvalue weighted by Crippen LogP contribution is 2.10. The van der Waals surface area contributed by atoms with E-state index in [2.05, 4.69) is 4.98 Å². The minimum Gasteiger partial charge on any atom is -0.477 e. The van der Waals surface area contributed by atoms with Crippen molar-refractivity contribution in [3.8, 4) is 0 Å². The number of carbonyl (C=O) groups is 1. The van der Waals surface area contributed by atoms with Crippen LogP contribution < -0.4 is 0 Å². The van der Waals surface area contributed by atoms with Crippen molar-refractivity contribution in [2.75, 3.05) is 0 Å². The molecule has 0 atom stereocenters. The molecule has 0 spiro atoms. The summed E-state index contributed by atoms with van der Waals surface area (Å²) < 4.78 is 1.57. The lowest BCUT2D eigenvalue weighted by Crippen LogP contribution is -2.01. The summed E-state index contributed by atoms with van der Waals surface area (Å²) in [4.78, 5) is 14.7. The second-order valence-corrected chi connectivity index (χ2v) is 2.83. The van der Waals surface area contributed by atoms with E-state index in [4.69, 9.17) is 5.11 Å². The minimum atomic E-state index is -0.960. The van der Waals surface area contributed by atoms with E-state index in [-0.39, 0.29) is 5.69 Å². The largest absolute Gasteiger partial charge is 0.477 e. The molecular weight excluding hydrogens is 168 g/mol. The zero-order valence-corrected chi connectivity index (χ0v) is 7.06. The van der Waals surface area contributed by atoms with Crippen LogP contribution in [0.4, 0.5) is 0 Å². The standard InChI is InChI=1S/C9H8N2O2/c1-6-3-2-4-11-7(9(12)13)5-10-8(6)11/h2-5H,1H3,(H,12,13). The maximum atomic E-state index is 10.7. The van der Waals surface area contributed by atoms with Crippen LogP contribution >= 0.6 is 0 Å². The molecule has 2 heterocycles. The van der Waals surface area contributed by atoms with Gasteiger partial charge in [0.2, 0.25) is 0 Å². The van der Waals surface area contributed by atoms with Crippen molar-refractivity contribution in [3.05, 3.63) is 35.8 Å². The molecule has 0 amide bonds. The fraction of sp³-hybridized carbons (Fsp3) is 0.111. The van der Waals surface area contributed by atoms with Gasteiger partial charge in [0.25, 0.3) is 0 Å². The molecule has 0 bridgehead atoms. The Kier molecular flexibility index (Phi) is 1.55. The number of aromatic nitrogens is 2. The highest BCUT2D eigenvalue weighted by Gasteiger charge is 2.10. The summed E-state index contributed by atoms with van der Waals surface area (Å²) >= 11 is 0. The normalized spacial score (nSPS) is 10.5. The van der Waals surface area contributed by atoms with Crippen molar-refractivity contribution in [3.63, 3.8) is 0 Å². The van der Waals surface area contributed by atoms with Crippen LogP contribution in [0.15, 0.2) is 24.5 Å². The Morgan fingerprint density at radius 2 is 2.38 bits per heavy atom. The number of carboxylic acid groups (broad SMARTS) is 1. The maximum absolute atomic E-state index is 10.7. The summed E-state index contributed by atoms with van der Waals surface area (Å²) in [6.45, 7) is 1.90. The zero-order valence-electron chi connectivity index (χ0n) is 7.06. The van der Waals surface area contributed by atoms with E-state index in [1.54, 1.807) is 16.7 Å². The number of hydrogen-bond donors (Lipinski definition) is 1. The highest BCUT2D eigenvalue weighted by molar-refractivity contribution is 5.86. The molecule has 2 aromatic heterocycles. The van der Waals surface area contributed by atoms with Crippen molar-refractivity contribution < 1.29 is 9.90 Å². The van der Waals surface area contributed by atoms with Gasteiger partial charge in [0.05, 0.1) is 6.20 Å². The predicted octanol–water partition coefficient (Wildman–Crippen LogP) is 1.34. The topological polar surface area (TPSA) is 54.6 Å². The first-order chi connectivity index (χ1) is 6.20. The molecule has 0 unspecified atom stereocenters. The van der Waals surface area contributed by atoms with E-state index < -0.39 is 5.97 Å². The smallest absolute Gasteiger partial charge is 0.354 e. The average Bonchev–Trinajstić information content (AvgIpc) is 2.48. The van der Waals surface area contributed by atoms with Crippen LogP contribution in [-0.2, 0) is 0 Å². The van der Waals surface area contributed by atoms with Crippen molar-refractivity contribution in [2.24, 2.45) is 0 Å². The van der Waals surface area contributed by atoms with Crippen LogP contribution in [0, 0.1) is 6.92 Å². The summed E-state index contributed by atoms with van der Waals surface area (Å²) in [5, 5.41) is 8.80. The van der Waals surface area contributed by atoms with Crippen molar-refractivity contribution in [1.82, 2.24) is 9.38 Å². The third-order valence-corrected chi connectivity index (χ3v) is 1.95. The molecule has 2 rings (SSSR count). The number of aryl methyl sites for hydroxylation is 1. The summed E-state index contributed by atoms with van der Waals surface area (Å²) in [5.74, 6) is -0.960. The quantitative estimate of drug-likeness (QED) is 0.713. The summed E-state index contributed by atoms with van der Waals surface area (Å²) in [6.07, 6.45) is 3.06. The van der Waals surface area contributed by atoms with Gasteiger partial charge in [-0.25, -0.2) is 9.78 Å². The molecule has 1 N–H and O–H groups in total. The molecule has 0 radical (unpaired) electrons. The molecule has 0 aliphatic rings. The molecule has 0 aliphatic carbocycles. The molecule has 0 saturated heterocycles. The molecule has 2 aromatic rings. The SMILES string of the molecule is Cc1cccn2c(C(=O)O)cnc12. The monoisotopic (exact) mass is 176 g/mol. The van der Waals surface area contributed by atoms with E-state index in [9.17, 15) is 4.79 Å². The Morgan fingerprint density at radius 3 is 3.08 bits per heavy atom. The number of hydrogen-bond acceptors (Lipinski definition) is 2. The van der Waals surface area contributed by atoms with Gasteiger partial charge in [0, 0.05) is 6.20 Å². The van der Waals surface area contributed by atoms with Crippen molar-refractivity contribution in [1.29, 1.82) is 0 Å². The third kappa shape index (κ3) is 1.07. The van der Waals surface area contributed by atoms with E-state index >= 15 is 0 Å². The summed E-state index contributed by atoms with van der Waals surface area (Å²) in [7, 11) is 0. The van der Waals surface area contributed by atoms with Gasteiger partial charge in [-0.2, -0.15) is 0 Å². The Morgan fingerprint density at radius 1 is 1.62 bits per heavy atom. The van der Waals surface area contributed by atoms with Crippen molar-refractivity contribution >= 4 is 11.6 Å². The predicted molar refractivity (Wildman–Crippen MR) is 46.9 cm³/mol. The number of carboxylic acids is 1. The van der Waals surface area contributed by atoms with Gasteiger partial charge in [-0.3, -0.25) is 4.40 Å². The molecule has 0 fully saturated rings. The number of pyridine rings is 1. The molecule has 4 nitrogen and oxygen atoms in total. The average molecular weight is 176 g/mol. The van der Waals surface area contributed by atoms with E-state index in [1.165, 1.54) is 6.20 Å². The molecule has 66 valence electrons. The fourth-order valence-electron chi connectivity index (χ4n) is 1.31. The second-order valence-electron chi connectivity index (χ2n) is 2.83. The number of aromatic carboxylic acids is 1. The highest BCUT2D eigenvalue weighted by atomic mass is 16.4. The van der Waals surface area contributed by atoms with Crippen LogP contribution in [0.1, 0.15) is 16.1 Å². The van der Waals surface area contributed by atoms with Gasteiger partial charge >= 0.3 is 5.97 Å². The second kappa shape index (κ2) is 2.58. The molecule has 0 aliphatic heterocycles. The number of imidazole rings is 1. The van der Waals surface area contributed by atoms with Crippen LogP contribution in [-0.4, -0.2) is 20.5 Å². The number of rotatable bonds is 1. The first-order valence-corrected chi connectivity index (χ1v) is 3.86. The van der Waals surface area contributed by atoms with Gasteiger partial charge in [0.15, 0.2) is 5.69 Å². The first kappa shape index (κ1) is 7.79. The van der Waals surface area contributed by atoms with Crippen LogP contribution in [0.5, 0.6) is 0 Å². The van der Waals surface area contributed by atoms with Gasteiger partial charge in [0.1, 0.15) is 5.65 Å². The Balaban J connectivity index is 2.83. The number of fused-ring (bicyclic) bond motifs is 1. The van der Waals surface area contributed by atoms with E-state index in [1.807, 2.05) is 13.0 Å². The molecule has 0 saturated carbocycles. The van der Waals surface area contributed by atoms with Gasteiger partial charge in [-0.15, -0.1) is 0 Å². The number of nitrogens with zero attached hydrogens (tertiary/aromatic N) is 2. The first-order valence-electron chi connectivity index (χ1n) is 3.86. The summed E-state index contributed by atoms with van der Waals surface area (Å²) in [6, 6.07) is 3.70. The summed E-state index contributed by atoms with van der Waals surface area (Å²) in [5.41, 5.74) is 1.86. The molecular formula is C9H8N2O2. The van der Waals surface area contributed by atoms with E-state index in [0.29, 0.717) is 5.65 Å².